The molecule has 1 aromatic carbocycles. The number of phenolic OH excluding ortho intramolecular Hbond substituents is 1. The van der Waals surface area contributed by atoms with E-state index in [0.717, 1.165) is 67.5 Å². The molecule has 0 atom stereocenters. The molecule has 0 saturated heterocycles. The summed E-state index contributed by atoms with van der Waals surface area (Å²) in [6.45, 7) is 8.42. The van der Waals surface area contributed by atoms with Crippen LogP contribution in [0.3, 0.4) is 0 Å². The largest absolute Gasteiger partial charge is 0.507 e. The van der Waals surface area contributed by atoms with Crippen LogP contribution >= 0.6 is 0 Å². The van der Waals surface area contributed by atoms with Gasteiger partial charge in [0.25, 0.3) is 5.91 Å². The molecule has 1 heterocycles. The summed E-state index contributed by atoms with van der Waals surface area (Å²) < 4.78 is 6.13. The van der Waals surface area contributed by atoms with E-state index >= 15 is 0 Å². The Morgan fingerprint density at radius 1 is 0.744 bits per heavy atom. The van der Waals surface area contributed by atoms with Gasteiger partial charge in [0.2, 0.25) is 0 Å². The average Bonchev–Trinajstić information content (AvgIpc) is 2.92. The third kappa shape index (κ3) is 11.7. The normalized spacial score (nSPS) is 13.3. The average molecular weight is 545 g/mol. The van der Waals surface area contributed by atoms with Crippen LogP contribution in [0.1, 0.15) is 163 Å². The van der Waals surface area contributed by atoms with Gasteiger partial charge in [-0.15, -0.1) is 0 Å². The van der Waals surface area contributed by atoms with Gasteiger partial charge in [-0.3, -0.25) is 9.69 Å². The summed E-state index contributed by atoms with van der Waals surface area (Å²) in [7, 11) is 2.02. The lowest BCUT2D eigenvalue weighted by Gasteiger charge is -2.31. The molecule has 39 heavy (non-hydrogen) atoms. The molecule has 1 amide bonds. The zero-order valence-electron chi connectivity index (χ0n) is 26.0. The topological polar surface area (TPSA) is 61.8 Å². The fourth-order valence-corrected chi connectivity index (χ4v) is 5.92. The van der Waals surface area contributed by atoms with Crippen LogP contribution in [0.4, 0.5) is 0 Å². The number of amides is 1. The standard InChI is InChI=1S/C34H60N2O3/c1-5-8-9-10-11-12-13-14-15-16-17-18-19-20-21-22-25-35-34(38)31-29(24-7-3)33-30(26-36(4)27-39-33)28(23-6-2)32(31)37/h37H,5-27H2,1-4H3,(H,35,38). The maximum absolute atomic E-state index is 13.3. The van der Waals surface area contributed by atoms with Gasteiger partial charge >= 0.3 is 0 Å². The summed E-state index contributed by atoms with van der Waals surface area (Å²) in [5, 5.41) is 14.4. The number of benzene rings is 1. The zero-order chi connectivity index (χ0) is 28.3. The predicted octanol–water partition coefficient (Wildman–Crippen LogP) is 9.07. The molecule has 224 valence electrons. The highest BCUT2D eigenvalue weighted by molar-refractivity contribution is 6.00. The van der Waals surface area contributed by atoms with Crippen LogP contribution in [0, 0.1) is 0 Å². The van der Waals surface area contributed by atoms with E-state index in [1.807, 2.05) is 7.05 Å². The van der Waals surface area contributed by atoms with Crippen LogP contribution in [0.5, 0.6) is 11.5 Å². The molecule has 0 aromatic heterocycles. The first-order chi connectivity index (χ1) is 19.0. The van der Waals surface area contributed by atoms with Crippen LogP contribution in [-0.4, -0.2) is 36.2 Å². The lowest BCUT2D eigenvalue weighted by molar-refractivity contribution is 0.0943. The lowest BCUT2D eigenvalue weighted by atomic mass is 9.89. The highest BCUT2D eigenvalue weighted by Crippen LogP contribution is 2.42. The molecule has 0 aliphatic carbocycles. The minimum atomic E-state index is -0.153. The van der Waals surface area contributed by atoms with E-state index in [-0.39, 0.29) is 11.7 Å². The second-order valence-electron chi connectivity index (χ2n) is 11.8. The molecule has 2 N–H and O–H groups in total. The lowest BCUT2D eigenvalue weighted by Crippen LogP contribution is -2.32. The van der Waals surface area contributed by atoms with E-state index < -0.39 is 0 Å². The van der Waals surface area contributed by atoms with Gasteiger partial charge in [0.15, 0.2) is 0 Å². The van der Waals surface area contributed by atoms with Crippen molar-refractivity contribution in [3.8, 4) is 11.5 Å². The maximum Gasteiger partial charge on any atom is 0.255 e. The Labute approximate surface area is 240 Å². The third-order valence-electron chi connectivity index (χ3n) is 8.14. The van der Waals surface area contributed by atoms with E-state index in [9.17, 15) is 9.90 Å². The van der Waals surface area contributed by atoms with Crippen molar-refractivity contribution in [2.75, 3.05) is 20.3 Å². The Kier molecular flexibility index (Phi) is 17.3. The van der Waals surface area contributed by atoms with Crippen LogP contribution in [0.2, 0.25) is 0 Å². The van der Waals surface area contributed by atoms with E-state index in [4.69, 9.17) is 4.74 Å². The second kappa shape index (κ2) is 20.2. The summed E-state index contributed by atoms with van der Waals surface area (Å²) >= 11 is 0. The van der Waals surface area contributed by atoms with Crippen molar-refractivity contribution in [1.29, 1.82) is 0 Å². The maximum atomic E-state index is 13.3. The molecule has 5 heteroatoms. The van der Waals surface area contributed by atoms with Crippen LogP contribution in [0.15, 0.2) is 0 Å². The highest BCUT2D eigenvalue weighted by atomic mass is 16.5. The summed E-state index contributed by atoms with van der Waals surface area (Å²) in [4.78, 5) is 15.4. The number of hydrogen-bond donors (Lipinski definition) is 2. The number of nitrogens with zero attached hydrogens (tertiary/aromatic N) is 1. The van der Waals surface area contributed by atoms with Gasteiger partial charge in [-0.2, -0.15) is 0 Å². The molecule has 0 saturated carbocycles. The zero-order valence-corrected chi connectivity index (χ0v) is 26.0. The minimum absolute atomic E-state index is 0.153. The van der Waals surface area contributed by atoms with Crippen LogP contribution in [-0.2, 0) is 19.4 Å². The van der Waals surface area contributed by atoms with Gasteiger partial charge in [0.1, 0.15) is 18.2 Å². The Bertz CT molecular complexity index is 823. The SMILES string of the molecule is CCCCCCCCCCCCCCCCCCNC(=O)c1c(O)c(CCC)c2c(c1CCC)OCN(C)C2. The van der Waals surface area contributed by atoms with Gasteiger partial charge in [-0.25, -0.2) is 0 Å². The minimum Gasteiger partial charge on any atom is -0.507 e. The molecular weight excluding hydrogens is 484 g/mol. The number of phenols is 1. The number of fused-ring (bicyclic) bond motifs is 1. The number of carbonyl (C=O) groups excluding carboxylic acids is 1. The summed E-state index contributed by atoms with van der Waals surface area (Å²) in [5.74, 6) is 0.853. The summed E-state index contributed by atoms with van der Waals surface area (Å²) in [6.07, 6.45) is 24.7. The molecule has 2 rings (SSSR count). The van der Waals surface area contributed by atoms with Crippen molar-refractivity contribution in [1.82, 2.24) is 10.2 Å². The number of aromatic hydroxyl groups is 1. The van der Waals surface area contributed by atoms with Crippen molar-refractivity contribution < 1.29 is 14.6 Å². The number of carbonyl (C=O) groups is 1. The van der Waals surface area contributed by atoms with E-state index in [1.165, 1.54) is 89.9 Å². The Morgan fingerprint density at radius 2 is 1.23 bits per heavy atom. The first kappa shape index (κ1) is 33.5. The van der Waals surface area contributed by atoms with E-state index in [0.29, 0.717) is 18.8 Å². The number of ether oxygens (including phenoxy) is 1. The molecule has 0 spiro atoms. The van der Waals surface area contributed by atoms with Crippen molar-refractivity contribution in [2.24, 2.45) is 0 Å². The Hall–Kier alpha value is -1.75. The molecule has 5 nitrogen and oxygen atoms in total. The molecule has 0 unspecified atom stereocenters. The number of unbranched alkanes of at least 4 members (excludes halogenated alkanes) is 15. The Morgan fingerprint density at radius 3 is 1.74 bits per heavy atom. The van der Waals surface area contributed by atoms with E-state index in [2.05, 4.69) is 31.0 Å². The molecule has 0 fully saturated rings. The van der Waals surface area contributed by atoms with Gasteiger partial charge in [0.05, 0.1) is 5.56 Å². The van der Waals surface area contributed by atoms with Crippen molar-refractivity contribution in [2.45, 2.75) is 156 Å². The first-order valence-electron chi connectivity index (χ1n) is 16.5. The number of rotatable bonds is 22. The highest BCUT2D eigenvalue weighted by Gasteiger charge is 2.30. The number of hydrogen-bond acceptors (Lipinski definition) is 4. The fraction of sp³-hybridized carbons (Fsp3) is 0.794. The van der Waals surface area contributed by atoms with Gasteiger partial charge in [0, 0.05) is 29.8 Å². The van der Waals surface area contributed by atoms with Gasteiger partial charge in [-0.1, -0.05) is 130 Å². The molecule has 1 aromatic rings. The van der Waals surface area contributed by atoms with Crippen molar-refractivity contribution >= 4 is 5.91 Å². The van der Waals surface area contributed by atoms with Crippen LogP contribution < -0.4 is 10.1 Å². The monoisotopic (exact) mass is 544 g/mol. The van der Waals surface area contributed by atoms with E-state index in [1.54, 1.807) is 0 Å². The number of nitrogens with one attached hydrogen (secondary N) is 1. The predicted molar refractivity (Wildman–Crippen MR) is 165 cm³/mol. The molecule has 0 bridgehead atoms. The van der Waals surface area contributed by atoms with Gasteiger partial charge in [-0.05, 0) is 26.3 Å². The summed E-state index contributed by atoms with van der Waals surface area (Å²) in [6, 6.07) is 0. The van der Waals surface area contributed by atoms with Gasteiger partial charge < -0.3 is 15.2 Å². The second-order valence-corrected chi connectivity index (χ2v) is 11.8. The quantitative estimate of drug-likeness (QED) is 0.143. The summed E-state index contributed by atoms with van der Waals surface area (Å²) in [5.41, 5.74) is 3.26. The third-order valence-corrected chi connectivity index (χ3v) is 8.14. The fourth-order valence-electron chi connectivity index (χ4n) is 5.92. The van der Waals surface area contributed by atoms with Crippen molar-refractivity contribution in [3.63, 3.8) is 0 Å². The molecule has 1 aliphatic heterocycles. The molecular formula is C34H60N2O3. The van der Waals surface area contributed by atoms with Crippen LogP contribution in [0.25, 0.3) is 0 Å². The Balaban J connectivity index is 1.67. The molecule has 1 aliphatic rings. The first-order valence-corrected chi connectivity index (χ1v) is 16.5. The smallest absolute Gasteiger partial charge is 0.255 e. The molecule has 0 radical (unpaired) electrons. The van der Waals surface area contributed by atoms with Crippen molar-refractivity contribution in [3.05, 3.63) is 22.3 Å².